The molecule has 1 aliphatic rings. The molecule has 0 aromatic heterocycles. The van der Waals surface area contributed by atoms with Gasteiger partial charge in [-0.3, -0.25) is 9.69 Å². The fourth-order valence-electron chi connectivity index (χ4n) is 4.50. The quantitative estimate of drug-likeness (QED) is 0.586. The Morgan fingerprint density at radius 3 is 2.19 bits per heavy atom. The fraction of sp³-hybridized carbons (Fsp3) is 0.407. The Bertz CT molecular complexity index is 936. The minimum atomic E-state index is -1.10. The second-order valence-corrected chi connectivity index (χ2v) is 9.56. The van der Waals surface area contributed by atoms with Crippen LogP contribution in [0.5, 0.6) is 0 Å². The molecule has 170 valence electrons. The number of piperazine rings is 1. The number of nitrogens with zero attached hydrogens (tertiary/aromatic N) is 2. The van der Waals surface area contributed by atoms with Crippen molar-refractivity contribution < 1.29 is 14.3 Å². The summed E-state index contributed by atoms with van der Waals surface area (Å²) >= 11 is 0. The molecule has 0 bridgehead atoms. The van der Waals surface area contributed by atoms with Crippen molar-refractivity contribution in [3.63, 3.8) is 0 Å². The summed E-state index contributed by atoms with van der Waals surface area (Å²) in [6.45, 7) is 12.4. The molecular formula is C27H34N2O3. The summed E-state index contributed by atoms with van der Waals surface area (Å²) in [7, 11) is 0. The number of amides is 2. The van der Waals surface area contributed by atoms with Crippen molar-refractivity contribution in [1.82, 2.24) is 9.80 Å². The highest BCUT2D eigenvalue weighted by Crippen LogP contribution is 2.36. The molecule has 5 nitrogen and oxygen atoms in total. The molecule has 0 N–H and O–H groups in total. The highest BCUT2D eigenvalue weighted by molar-refractivity contribution is 5.92. The van der Waals surface area contributed by atoms with Gasteiger partial charge in [-0.2, -0.15) is 0 Å². The van der Waals surface area contributed by atoms with Gasteiger partial charge in [0.2, 0.25) is 5.91 Å². The van der Waals surface area contributed by atoms with Gasteiger partial charge in [0.15, 0.2) is 0 Å². The van der Waals surface area contributed by atoms with Crippen molar-refractivity contribution in [3.8, 4) is 0 Å². The summed E-state index contributed by atoms with van der Waals surface area (Å²) in [5, 5.41) is 0. The van der Waals surface area contributed by atoms with Crippen LogP contribution in [0.1, 0.15) is 45.2 Å². The Morgan fingerprint density at radius 2 is 1.66 bits per heavy atom. The van der Waals surface area contributed by atoms with Crippen molar-refractivity contribution in [1.29, 1.82) is 0 Å². The molecule has 2 aromatic carbocycles. The van der Waals surface area contributed by atoms with Crippen LogP contribution in [0.25, 0.3) is 0 Å². The minimum Gasteiger partial charge on any atom is -0.444 e. The Balaban J connectivity index is 2.05. The van der Waals surface area contributed by atoms with Crippen LogP contribution in [0, 0.1) is 0 Å². The van der Waals surface area contributed by atoms with E-state index in [9.17, 15) is 9.59 Å². The predicted molar refractivity (Wildman–Crippen MR) is 127 cm³/mol. The lowest BCUT2D eigenvalue weighted by Gasteiger charge is -2.52. The zero-order valence-corrected chi connectivity index (χ0v) is 19.6. The average molecular weight is 435 g/mol. The van der Waals surface area contributed by atoms with Gasteiger partial charge in [0.05, 0.1) is 6.04 Å². The summed E-state index contributed by atoms with van der Waals surface area (Å²) in [5.41, 5.74) is 0.293. The first-order valence-electron chi connectivity index (χ1n) is 11.2. The molecular weight excluding hydrogens is 400 g/mol. The Kier molecular flexibility index (Phi) is 7.07. The van der Waals surface area contributed by atoms with Gasteiger partial charge in [-0.05, 0) is 45.2 Å². The highest BCUT2D eigenvalue weighted by Gasteiger charge is 2.54. The third-order valence-electron chi connectivity index (χ3n) is 5.70. The Labute approximate surface area is 191 Å². The summed E-state index contributed by atoms with van der Waals surface area (Å²) in [6.07, 6.45) is 2.01. The van der Waals surface area contributed by atoms with E-state index in [-0.39, 0.29) is 11.9 Å². The Hall–Kier alpha value is -3.08. The first-order chi connectivity index (χ1) is 15.2. The average Bonchev–Trinajstić information content (AvgIpc) is 2.72. The molecule has 1 aliphatic heterocycles. The SMILES string of the molecule is C=CC[C@@]1(Cc2ccccc2)C(=O)N(Cc2ccccc2)C[C@H](C)N1C(=O)OC(C)(C)C. The zero-order chi connectivity index (χ0) is 23.4. The second-order valence-electron chi connectivity index (χ2n) is 9.56. The largest absolute Gasteiger partial charge is 0.444 e. The van der Waals surface area contributed by atoms with E-state index in [2.05, 4.69) is 6.58 Å². The summed E-state index contributed by atoms with van der Waals surface area (Å²) in [6, 6.07) is 19.6. The van der Waals surface area contributed by atoms with Crippen LogP contribution in [-0.4, -0.2) is 45.5 Å². The van der Waals surface area contributed by atoms with Gasteiger partial charge in [0.1, 0.15) is 11.1 Å². The number of carbonyl (C=O) groups is 2. The molecule has 0 radical (unpaired) electrons. The summed E-state index contributed by atoms with van der Waals surface area (Å²) in [5.74, 6) is -0.0749. The van der Waals surface area contributed by atoms with Gasteiger partial charge < -0.3 is 9.64 Å². The number of rotatable bonds is 6. The van der Waals surface area contributed by atoms with Crippen molar-refractivity contribution in [2.75, 3.05) is 6.54 Å². The van der Waals surface area contributed by atoms with Gasteiger partial charge in [0, 0.05) is 19.5 Å². The van der Waals surface area contributed by atoms with Crippen LogP contribution in [-0.2, 0) is 22.5 Å². The molecule has 2 aromatic rings. The normalized spacial score (nSPS) is 21.4. The van der Waals surface area contributed by atoms with E-state index in [1.807, 2.05) is 93.3 Å². The van der Waals surface area contributed by atoms with Gasteiger partial charge in [-0.15, -0.1) is 6.58 Å². The number of carbonyl (C=O) groups excluding carboxylic acids is 2. The smallest absolute Gasteiger partial charge is 0.411 e. The minimum absolute atomic E-state index is 0.0749. The molecule has 3 rings (SSSR count). The van der Waals surface area contributed by atoms with Crippen LogP contribution < -0.4 is 0 Å². The molecule has 1 fully saturated rings. The van der Waals surface area contributed by atoms with Gasteiger partial charge in [-0.1, -0.05) is 66.7 Å². The number of benzene rings is 2. The zero-order valence-electron chi connectivity index (χ0n) is 19.6. The first-order valence-corrected chi connectivity index (χ1v) is 11.2. The van der Waals surface area contributed by atoms with E-state index in [1.165, 1.54) is 0 Å². The molecule has 0 spiro atoms. The maximum Gasteiger partial charge on any atom is 0.411 e. The second kappa shape index (κ2) is 9.60. The Morgan fingerprint density at radius 1 is 1.09 bits per heavy atom. The topological polar surface area (TPSA) is 49.9 Å². The third kappa shape index (κ3) is 5.21. The van der Waals surface area contributed by atoms with Crippen LogP contribution in [0.4, 0.5) is 4.79 Å². The molecule has 2 atom stereocenters. The third-order valence-corrected chi connectivity index (χ3v) is 5.70. The van der Waals surface area contributed by atoms with Crippen molar-refractivity contribution in [2.45, 2.75) is 64.3 Å². The lowest BCUT2D eigenvalue weighted by Crippen LogP contribution is -2.71. The predicted octanol–water partition coefficient (Wildman–Crippen LogP) is 5.21. The van der Waals surface area contributed by atoms with Gasteiger partial charge >= 0.3 is 6.09 Å². The van der Waals surface area contributed by atoms with Crippen molar-refractivity contribution in [3.05, 3.63) is 84.4 Å². The summed E-state index contributed by atoms with van der Waals surface area (Å²) < 4.78 is 5.77. The molecule has 0 saturated carbocycles. The monoisotopic (exact) mass is 434 g/mol. The van der Waals surface area contributed by atoms with E-state index in [1.54, 1.807) is 11.0 Å². The lowest BCUT2D eigenvalue weighted by molar-refractivity contribution is -0.155. The van der Waals surface area contributed by atoms with Crippen LogP contribution in [0.3, 0.4) is 0 Å². The first kappa shape index (κ1) is 23.6. The van der Waals surface area contributed by atoms with E-state index in [0.717, 1.165) is 11.1 Å². The van der Waals surface area contributed by atoms with Crippen LogP contribution in [0.2, 0.25) is 0 Å². The van der Waals surface area contributed by atoms with Crippen LogP contribution in [0.15, 0.2) is 73.3 Å². The van der Waals surface area contributed by atoms with Crippen molar-refractivity contribution >= 4 is 12.0 Å². The molecule has 1 saturated heterocycles. The summed E-state index contributed by atoms with van der Waals surface area (Å²) in [4.78, 5) is 31.0. The molecule has 0 unspecified atom stereocenters. The maximum absolute atomic E-state index is 14.1. The van der Waals surface area contributed by atoms with E-state index >= 15 is 0 Å². The molecule has 1 heterocycles. The highest BCUT2D eigenvalue weighted by atomic mass is 16.6. The molecule has 0 aliphatic carbocycles. The van der Waals surface area contributed by atoms with E-state index in [0.29, 0.717) is 25.9 Å². The maximum atomic E-state index is 14.1. The number of ether oxygens (including phenoxy) is 1. The van der Waals surface area contributed by atoms with Gasteiger partial charge in [-0.25, -0.2) is 4.79 Å². The lowest BCUT2D eigenvalue weighted by atomic mass is 9.81. The van der Waals surface area contributed by atoms with E-state index < -0.39 is 17.2 Å². The van der Waals surface area contributed by atoms with Gasteiger partial charge in [0.25, 0.3) is 0 Å². The molecule has 5 heteroatoms. The van der Waals surface area contributed by atoms with Crippen molar-refractivity contribution in [2.24, 2.45) is 0 Å². The standard InChI is InChI=1S/C27H34N2O3/c1-6-17-27(18-22-13-9-7-10-14-22)24(30)28(20-23-15-11-8-12-16-23)19-21(2)29(27)25(31)32-26(3,4)5/h6-16,21H,1,17-20H2,2-5H3/t21-,27+/m0/s1. The number of hydrogen-bond acceptors (Lipinski definition) is 3. The van der Waals surface area contributed by atoms with Crippen LogP contribution >= 0.6 is 0 Å². The molecule has 2 amide bonds. The molecule has 32 heavy (non-hydrogen) atoms. The fourth-order valence-corrected chi connectivity index (χ4v) is 4.50. The number of hydrogen-bond donors (Lipinski definition) is 0. The van der Waals surface area contributed by atoms with E-state index in [4.69, 9.17) is 4.74 Å².